The van der Waals surface area contributed by atoms with Gasteiger partial charge >= 0.3 is 6.18 Å². The summed E-state index contributed by atoms with van der Waals surface area (Å²) in [5, 5.41) is 2.48. The number of nitrogen functional groups attached to an aromatic ring is 1. The molecule has 2 atom stereocenters. The Bertz CT molecular complexity index is 921. The number of nitrogens with two attached hydrogens (primary N) is 1. The van der Waals surface area contributed by atoms with Crippen molar-refractivity contribution in [2.45, 2.75) is 44.4 Å². The van der Waals surface area contributed by atoms with Crippen molar-refractivity contribution in [3.8, 4) is 11.5 Å². The van der Waals surface area contributed by atoms with Crippen molar-refractivity contribution in [3.05, 3.63) is 47.3 Å². The number of hydrogen-bond donors (Lipinski definition) is 2. The predicted octanol–water partition coefficient (Wildman–Crippen LogP) is 5.24. The zero-order chi connectivity index (χ0) is 23.9. The molecule has 3 N–H and O–H groups in total. The fraction of sp³-hybridized carbons (Fsp3) is 0.435. The van der Waals surface area contributed by atoms with Crippen molar-refractivity contribution in [1.82, 2.24) is 5.32 Å². The number of halogens is 4. The van der Waals surface area contributed by atoms with Gasteiger partial charge in [-0.15, -0.1) is 0 Å². The molecule has 0 amide bonds. The van der Waals surface area contributed by atoms with Crippen LogP contribution in [0.4, 0.5) is 23.2 Å². The molecule has 1 aromatic carbocycles. The molecular formula is C23H29F4N3O2. The molecule has 0 aliphatic heterocycles. The van der Waals surface area contributed by atoms with E-state index >= 15 is 0 Å². The van der Waals surface area contributed by atoms with Gasteiger partial charge in [-0.25, -0.2) is 4.39 Å². The Hall–Kier alpha value is -2.81. The van der Waals surface area contributed by atoms with E-state index in [9.17, 15) is 17.6 Å². The van der Waals surface area contributed by atoms with Gasteiger partial charge in [-0.2, -0.15) is 13.2 Å². The SMILES string of the molecule is CCC(NC1C=C(F)C(C/C(=C/C=NC)c2cc(OC)c(OC)cc2N)=CC1)C(F)(F)F. The van der Waals surface area contributed by atoms with Crippen molar-refractivity contribution in [2.24, 2.45) is 4.99 Å². The number of nitrogens with one attached hydrogen (secondary N) is 1. The maximum atomic E-state index is 14.8. The van der Waals surface area contributed by atoms with Crippen LogP contribution in [-0.2, 0) is 0 Å². The van der Waals surface area contributed by atoms with Crippen molar-refractivity contribution in [1.29, 1.82) is 0 Å². The number of nitrogens with zero attached hydrogens (tertiary/aromatic N) is 1. The van der Waals surface area contributed by atoms with Gasteiger partial charge in [0.2, 0.25) is 0 Å². The molecule has 0 saturated carbocycles. The lowest BCUT2D eigenvalue weighted by molar-refractivity contribution is -0.157. The van der Waals surface area contributed by atoms with Crippen LogP contribution in [0.5, 0.6) is 11.5 Å². The summed E-state index contributed by atoms with van der Waals surface area (Å²) in [5.41, 5.74) is 8.28. The van der Waals surface area contributed by atoms with E-state index in [0.717, 1.165) is 0 Å². The highest BCUT2D eigenvalue weighted by Crippen LogP contribution is 2.38. The minimum atomic E-state index is -4.39. The van der Waals surface area contributed by atoms with Crippen molar-refractivity contribution < 1.29 is 27.0 Å². The van der Waals surface area contributed by atoms with Gasteiger partial charge in [-0.05, 0) is 42.2 Å². The van der Waals surface area contributed by atoms with E-state index in [1.165, 1.54) is 27.2 Å². The normalized spacial score (nSPS) is 18.4. The molecule has 2 unspecified atom stereocenters. The van der Waals surface area contributed by atoms with Crippen LogP contribution in [0.2, 0.25) is 0 Å². The predicted molar refractivity (Wildman–Crippen MR) is 120 cm³/mol. The van der Waals surface area contributed by atoms with Gasteiger partial charge in [0.25, 0.3) is 0 Å². The van der Waals surface area contributed by atoms with Gasteiger partial charge in [-0.3, -0.25) is 10.3 Å². The molecule has 9 heteroatoms. The summed E-state index contributed by atoms with van der Waals surface area (Å²) in [6.07, 6.45) is 2.00. The van der Waals surface area contributed by atoms with Crippen LogP contribution in [-0.4, -0.2) is 45.7 Å². The molecule has 0 bridgehead atoms. The first-order valence-corrected chi connectivity index (χ1v) is 10.2. The Morgan fingerprint density at radius 1 is 1.28 bits per heavy atom. The van der Waals surface area contributed by atoms with Gasteiger partial charge in [0.15, 0.2) is 11.5 Å². The van der Waals surface area contributed by atoms with Gasteiger partial charge in [0, 0.05) is 43.0 Å². The zero-order valence-corrected chi connectivity index (χ0v) is 18.6. The van der Waals surface area contributed by atoms with Crippen LogP contribution in [0.25, 0.3) is 5.57 Å². The van der Waals surface area contributed by atoms with E-state index in [2.05, 4.69) is 10.3 Å². The highest BCUT2D eigenvalue weighted by molar-refractivity contribution is 5.89. The number of hydrogen-bond acceptors (Lipinski definition) is 5. The molecule has 0 spiro atoms. The first-order valence-electron chi connectivity index (χ1n) is 10.2. The standard InChI is InChI=1S/C23H29F4N3O2/c1-5-22(23(25,26)27)30-16-7-6-15(18(24)11-16)10-14(8-9-29-2)17-12-20(31-3)21(32-4)13-19(17)28/h6,8-9,11-13,16,22,30H,5,7,10,28H2,1-4H3/b14-8-,29-9?. The summed E-state index contributed by atoms with van der Waals surface area (Å²) in [6, 6.07) is 0.901. The number of ether oxygens (including phenoxy) is 2. The fourth-order valence-electron chi connectivity index (χ4n) is 3.48. The average Bonchev–Trinajstić information content (AvgIpc) is 2.75. The number of aliphatic imine (C=N–C) groups is 1. The lowest BCUT2D eigenvalue weighted by Gasteiger charge is -2.26. The lowest BCUT2D eigenvalue weighted by Crippen LogP contribution is -2.46. The summed E-state index contributed by atoms with van der Waals surface area (Å²) >= 11 is 0. The smallest absolute Gasteiger partial charge is 0.403 e. The van der Waals surface area contributed by atoms with Crippen LogP contribution < -0.4 is 20.5 Å². The highest BCUT2D eigenvalue weighted by atomic mass is 19.4. The molecule has 32 heavy (non-hydrogen) atoms. The van der Waals surface area contributed by atoms with E-state index < -0.39 is 24.1 Å². The van der Waals surface area contributed by atoms with E-state index in [4.69, 9.17) is 15.2 Å². The topological polar surface area (TPSA) is 68.9 Å². The second-order valence-electron chi connectivity index (χ2n) is 7.33. The first kappa shape index (κ1) is 25.5. The molecule has 1 aromatic rings. The van der Waals surface area contributed by atoms with E-state index in [-0.39, 0.29) is 19.3 Å². The Labute approximate surface area is 185 Å². The molecule has 0 heterocycles. The summed E-state index contributed by atoms with van der Waals surface area (Å²) in [5.74, 6) is 0.361. The molecule has 1 aliphatic rings. The first-order chi connectivity index (χ1) is 15.1. The van der Waals surface area contributed by atoms with E-state index in [1.807, 2.05) is 0 Å². The zero-order valence-electron chi connectivity index (χ0n) is 18.6. The molecule has 2 rings (SSSR count). The van der Waals surface area contributed by atoms with Crippen LogP contribution in [0, 0.1) is 0 Å². The second-order valence-corrected chi connectivity index (χ2v) is 7.33. The number of allylic oxidation sites excluding steroid dienone is 4. The highest BCUT2D eigenvalue weighted by Gasteiger charge is 2.39. The maximum absolute atomic E-state index is 14.8. The van der Waals surface area contributed by atoms with Gasteiger partial charge in [0.05, 0.1) is 14.2 Å². The molecule has 176 valence electrons. The molecule has 0 aromatic heterocycles. The van der Waals surface area contributed by atoms with Crippen molar-refractivity contribution >= 4 is 17.5 Å². The fourth-order valence-corrected chi connectivity index (χ4v) is 3.48. The third-order valence-electron chi connectivity index (χ3n) is 5.20. The second kappa shape index (κ2) is 11.2. The van der Waals surface area contributed by atoms with Crippen LogP contribution >= 0.6 is 0 Å². The lowest BCUT2D eigenvalue weighted by atomic mass is 9.91. The minimum absolute atomic E-state index is 0.131. The number of benzene rings is 1. The molecule has 0 radical (unpaired) electrons. The molecule has 0 saturated heterocycles. The van der Waals surface area contributed by atoms with Crippen LogP contribution in [0.1, 0.15) is 31.7 Å². The molecule has 0 fully saturated rings. The summed E-state index contributed by atoms with van der Waals surface area (Å²) in [4.78, 5) is 3.95. The largest absolute Gasteiger partial charge is 0.493 e. The van der Waals surface area contributed by atoms with E-state index in [0.29, 0.717) is 33.9 Å². The Balaban J connectivity index is 2.29. The number of methoxy groups -OCH3 is 2. The maximum Gasteiger partial charge on any atom is 0.403 e. The summed E-state index contributed by atoms with van der Waals surface area (Å²) in [6.45, 7) is 1.44. The third kappa shape index (κ3) is 6.35. The third-order valence-corrected chi connectivity index (χ3v) is 5.20. The van der Waals surface area contributed by atoms with Gasteiger partial charge in [0.1, 0.15) is 11.9 Å². The Kier molecular flexibility index (Phi) is 8.89. The Morgan fingerprint density at radius 2 is 1.94 bits per heavy atom. The number of rotatable bonds is 9. The van der Waals surface area contributed by atoms with E-state index in [1.54, 1.807) is 37.5 Å². The molecule has 5 nitrogen and oxygen atoms in total. The Morgan fingerprint density at radius 3 is 2.47 bits per heavy atom. The van der Waals surface area contributed by atoms with Crippen molar-refractivity contribution in [2.75, 3.05) is 27.0 Å². The molecule has 1 aliphatic carbocycles. The quantitative estimate of drug-likeness (QED) is 0.303. The minimum Gasteiger partial charge on any atom is -0.493 e. The van der Waals surface area contributed by atoms with Crippen LogP contribution in [0.3, 0.4) is 0 Å². The molecular weight excluding hydrogens is 426 g/mol. The number of alkyl halides is 3. The summed E-state index contributed by atoms with van der Waals surface area (Å²) < 4.78 is 64.6. The monoisotopic (exact) mass is 455 g/mol. The van der Waals surface area contributed by atoms with Crippen LogP contribution in [0.15, 0.2) is 46.8 Å². The summed E-state index contributed by atoms with van der Waals surface area (Å²) in [7, 11) is 4.60. The van der Waals surface area contributed by atoms with Crippen molar-refractivity contribution in [3.63, 3.8) is 0 Å². The number of anilines is 1. The average molecular weight is 455 g/mol. The van der Waals surface area contributed by atoms with Gasteiger partial charge < -0.3 is 15.2 Å². The van der Waals surface area contributed by atoms with Gasteiger partial charge in [-0.1, -0.05) is 13.0 Å².